The minimum atomic E-state index is -0.0416. The number of nitrogens with zero attached hydrogens (tertiary/aromatic N) is 1. The summed E-state index contributed by atoms with van der Waals surface area (Å²) in [5, 5.41) is 0.622. The number of para-hydroxylation sites is 1. The van der Waals surface area contributed by atoms with Crippen molar-refractivity contribution in [3.63, 3.8) is 0 Å². The van der Waals surface area contributed by atoms with Gasteiger partial charge in [-0.3, -0.25) is 4.79 Å². The summed E-state index contributed by atoms with van der Waals surface area (Å²) in [6.45, 7) is 2.98. The number of carbonyl (C=O) groups is 1. The average molecular weight is 304 g/mol. The highest BCUT2D eigenvalue weighted by atomic mass is 35.5. The standard InChI is InChI=1S/C17H18ClNO2/c1-13-5-3-4-6-16(13)21-12-11-19(2)17(20)14-7-9-15(18)10-8-14/h3-10H,11-12H2,1-2H3. The normalized spacial score (nSPS) is 10.2. The van der Waals surface area contributed by atoms with E-state index in [1.165, 1.54) is 0 Å². The van der Waals surface area contributed by atoms with E-state index in [-0.39, 0.29) is 5.91 Å². The molecular weight excluding hydrogens is 286 g/mol. The highest BCUT2D eigenvalue weighted by molar-refractivity contribution is 6.30. The van der Waals surface area contributed by atoms with Crippen molar-refractivity contribution in [1.82, 2.24) is 4.90 Å². The van der Waals surface area contributed by atoms with Crippen LogP contribution in [0, 0.1) is 6.92 Å². The second kappa shape index (κ2) is 7.14. The van der Waals surface area contributed by atoms with E-state index in [4.69, 9.17) is 16.3 Å². The first kappa shape index (κ1) is 15.4. The molecule has 2 aromatic carbocycles. The summed E-state index contributed by atoms with van der Waals surface area (Å²) in [4.78, 5) is 13.8. The van der Waals surface area contributed by atoms with Gasteiger partial charge in [0.2, 0.25) is 0 Å². The number of rotatable bonds is 5. The smallest absolute Gasteiger partial charge is 0.253 e. The highest BCUT2D eigenvalue weighted by Crippen LogP contribution is 2.16. The molecule has 0 aliphatic heterocycles. The van der Waals surface area contributed by atoms with Gasteiger partial charge in [0.05, 0.1) is 6.54 Å². The Hall–Kier alpha value is -2.00. The first-order chi connectivity index (χ1) is 10.1. The molecule has 21 heavy (non-hydrogen) atoms. The number of hydrogen-bond donors (Lipinski definition) is 0. The molecule has 0 spiro atoms. The third-order valence-electron chi connectivity index (χ3n) is 3.22. The topological polar surface area (TPSA) is 29.5 Å². The Morgan fingerprint density at radius 1 is 1.14 bits per heavy atom. The van der Waals surface area contributed by atoms with Crippen molar-refractivity contribution in [2.45, 2.75) is 6.92 Å². The van der Waals surface area contributed by atoms with Gasteiger partial charge in [-0.1, -0.05) is 29.8 Å². The molecule has 3 nitrogen and oxygen atoms in total. The van der Waals surface area contributed by atoms with Gasteiger partial charge in [-0.25, -0.2) is 0 Å². The molecule has 0 N–H and O–H groups in total. The maximum absolute atomic E-state index is 12.2. The van der Waals surface area contributed by atoms with E-state index >= 15 is 0 Å². The van der Waals surface area contributed by atoms with Crippen molar-refractivity contribution in [2.75, 3.05) is 20.2 Å². The van der Waals surface area contributed by atoms with Crippen LogP contribution in [-0.2, 0) is 0 Å². The molecule has 0 unspecified atom stereocenters. The monoisotopic (exact) mass is 303 g/mol. The fourth-order valence-corrected chi connectivity index (χ4v) is 2.05. The van der Waals surface area contributed by atoms with E-state index < -0.39 is 0 Å². The number of benzene rings is 2. The van der Waals surface area contributed by atoms with E-state index in [0.29, 0.717) is 23.7 Å². The van der Waals surface area contributed by atoms with Crippen molar-refractivity contribution in [1.29, 1.82) is 0 Å². The number of likely N-dealkylation sites (N-methyl/N-ethyl adjacent to an activating group) is 1. The lowest BCUT2D eigenvalue weighted by atomic mass is 10.2. The molecule has 110 valence electrons. The van der Waals surface area contributed by atoms with Crippen molar-refractivity contribution >= 4 is 17.5 Å². The molecule has 0 aliphatic rings. The molecule has 0 saturated carbocycles. The van der Waals surface area contributed by atoms with Crippen LogP contribution < -0.4 is 4.74 Å². The number of ether oxygens (including phenoxy) is 1. The maximum atomic E-state index is 12.2. The van der Waals surface area contributed by atoms with E-state index in [9.17, 15) is 4.79 Å². The Bertz CT molecular complexity index is 610. The fraction of sp³-hybridized carbons (Fsp3) is 0.235. The Balaban J connectivity index is 1.87. The molecule has 2 aromatic rings. The molecule has 0 heterocycles. The minimum absolute atomic E-state index is 0.0416. The van der Waals surface area contributed by atoms with Crippen LogP contribution in [-0.4, -0.2) is 31.0 Å². The Morgan fingerprint density at radius 3 is 2.48 bits per heavy atom. The Kier molecular flexibility index (Phi) is 5.23. The number of hydrogen-bond acceptors (Lipinski definition) is 2. The van der Waals surface area contributed by atoms with Crippen LogP contribution in [0.1, 0.15) is 15.9 Å². The van der Waals surface area contributed by atoms with Crippen LogP contribution in [0.4, 0.5) is 0 Å². The van der Waals surface area contributed by atoms with Crippen molar-refractivity contribution in [3.8, 4) is 5.75 Å². The van der Waals surface area contributed by atoms with Crippen molar-refractivity contribution in [3.05, 3.63) is 64.7 Å². The summed E-state index contributed by atoms with van der Waals surface area (Å²) in [5.74, 6) is 0.810. The summed E-state index contributed by atoms with van der Waals surface area (Å²) in [6, 6.07) is 14.7. The molecule has 1 amide bonds. The minimum Gasteiger partial charge on any atom is -0.491 e. The van der Waals surface area contributed by atoms with Crippen LogP contribution in [0.2, 0.25) is 5.02 Å². The van der Waals surface area contributed by atoms with Gasteiger partial charge in [0.25, 0.3) is 5.91 Å². The molecule has 2 rings (SSSR count). The molecule has 0 saturated heterocycles. The zero-order chi connectivity index (χ0) is 15.2. The lowest BCUT2D eigenvalue weighted by Crippen LogP contribution is -2.30. The van der Waals surface area contributed by atoms with Crippen molar-refractivity contribution in [2.24, 2.45) is 0 Å². The number of halogens is 1. The quantitative estimate of drug-likeness (QED) is 0.841. The lowest BCUT2D eigenvalue weighted by molar-refractivity contribution is 0.0773. The van der Waals surface area contributed by atoms with Gasteiger partial charge in [-0.2, -0.15) is 0 Å². The van der Waals surface area contributed by atoms with E-state index in [2.05, 4.69) is 0 Å². The maximum Gasteiger partial charge on any atom is 0.253 e. The van der Waals surface area contributed by atoms with Gasteiger partial charge < -0.3 is 9.64 Å². The van der Waals surface area contributed by atoms with Gasteiger partial charge in [0, 0.05) is 17.6 Å². The first-order valence-electron chi connectivity index (χ1n) is 6.77. The highest BCUT2D eigenvalue weighted by Gasteiger charge is 2.11. The van der Waals surface area contributed by atoms with Gasteiger partial charge in [-0.15, -0.1) is 0 Å². The molecule has 0 bridgehead atoms. The van der Waals surface area contributed by atoms with Crippen LogP contribution in [0.25, 0.3) is 0 Å². The summed E-state index contributed by atoms with van der Waals surface area (Å²) in [7, 11) is 1.76. The molecule has 0 radical (unpaired) electrons. The summed E-state index contributed by atoms with van der Waals surface area (Å²) in [6.07, 6.45) is 0. The van der Waals surface area contributed by atoms with E-state index in [1.54, 1.807) is 36.2 Å². The molecule has 0 aliphatic carbocycles. The van der Waals surface area contributed by atoms with Gasteiger partial charge in [-0.05, 0) is 42.8 Å². The zero-order valence-electron chi connectivity index (χ0n) is 12.2. The lowest BCUT2D eigenvalue weighted by Gasteiger charge is -2.18. The molecule has 0 fully saturated rings. The van der Waals surface area contributed by atoms with Gasteiger partial charge in [0.1, 0.15) is 12.4 Å². The van der Waals surface area contributed by atoms with Crippen LogP contribution >= 0.6 is 11.6 Å². The number of aryl methyl sites for hydroxylation is 1. The molecule has 4 heteroatoms. The third kappa shape index (κ3) is 4.23. The van der Waals surface area contributed by atoms with Crippen LogP contribution in [0.5, 0.6) is 5.75 Å². The Labute approximate surface area is 130 Å². The van der Waals surface area contributed by atoms with E-state index in [0.717, 1.165) is 11.3 Å². The first-order valence-corrected chi connectivity index (χ1v) is 7.15. The molecular formula is C17H18ClNO2. The fourth-order valence-electron chi connectivity index (χ4n) is 1.93. The largest absolute Gasteiger partial charge is 0.491 e. The predicted molar refractivity (Wildman–Crippen MR) is 85.1 cm³/mol. The number of carbonyl (C=O) groups excluding carboxylic acids is 1. The van der Waals surface area contributed by atoms with Crippen molar-refractivity contribution < 1.29 is 9.53 Å². The Morgan fingerprint density at radius 2 is 1.81 bits per heavy atom. The number of amides is 1. The second-order valence-electron chi connectivity index (χ2n) is 4.85. The predicted octanol–water partition coefficient (Wildman–Crippen LogP) is 3.80. The van der Waals surface area contributed by atoms with Gasteiger partial charge >= 0.3 is 0 Å². The SMILES string of the molecule is Cc1ccccc1OCCN(C)C(=O)c1ccc(Cl)cc1. The molecule has 0 aromatic heterocycles. The molecule has 0 atom stereocenters. The van der Waals surface area contributed by atoms with Crippen LogP contribution in [0.15, 0.2) is 48.5 Å². The summed E-state index contributed by atoms with van der Waals surface area (Å²) >= 11 is 5.82. The summed E-state index contributed by atoms with van der Waals surface area (Å²) in [5.41, 5.74) is 1.71. The average Bonchev–Trinajstić information content (AvgIpc) is 2.49. The zero-order valence-corrected chi connectivity index (χ0v) is 12.9. The van der Waals surface area contributed by atoms with E-state index in [1.807, 2.05) is 31.2 Å². The van der Waals surface area contributed by atoms with Crippen LogP contribution in [0.3, 0.4) is 0 Å². The van der Waals surface area contributed by atoms with Gasteiger partial charge in [0.15, 0.2) is 0 Å². The summed E-state index contributed by atoms with van der Waals surface area (Å²) < 4.78 is 5.70. The second-order valence-corrected chi connectivity index (χ2v) is 5.28. The third-order valence-corrected chi connectivity index (χ3v) is 3.47.